The molecular weight excluding hydrogens is 288 g/mol. The zero-order chi connectivity index (χ0) is 15.0. The molecule has 0 saturated heterocycles. The molecule has 1 amide bonds. The highest BCUT2D eigenvalue weighted by Gasteiger charge is 2.05. The summed E-state index contributed by atoms with van der Waals surface area (Å²) in [6.07, 6.45) is 0.381. The van der Waals surface area contributed by atoms with Gasteiger partial charge in [-0.15, -0.1) is 12.4 Å². The predicted octanol–water partition coefficient (Wildman–Crippen LogP) is 2.61. The number of nitrogens with one attached hydrogen (secondary N) is 2. The predicted molar refractivity (Wildman–Crippen MR) is 89.4 cm³/mol. The minimum Gasteiger partial charge on any atom is -0.493 e. The molecule has 0 heterocycles. The maximum absolute atomic E-state index is 11.7. The molecular formula is C16H27ClN2O2. The van der Waals surface area contributed by atoms with E-state index in [-0.39, 0.29) is 18.3 Å². The van der Waals surface area contributed by atoms with E-state index in [9.17, 15) is 4.79 Å². The van der Waals surface area contributed by atoms with Crippen LogP contribution in [0.2, 0.25) is 0 Å². The van der Waals surface area contributed by atoms with Gasteiger partial charge in [-0.1, -0.05) is 24.6 Å². The lowest BCUT2D eigenvalue weighted by Gasteiger charge is -2.13. The second-order valence-corrected chi connectivity index (χ2v) is 5.13. The summed E-state index contributed by atoms with van der Waals surface area (Å²) < 4.78 is 5.64. The van der Waals surface area contributed by atoms with Gasteiger partial charge in [-0.05, 0) is 38.9 Å². The Bertz CT molecular complexity index is 438. The first-order chi connectivity index (χ1) is 9.52. The maximum atomic E-state index is 11.7. The number of carbonyl (C=O) groups is 1. The first-order valence-corrected chi connectivity index (χ1v) is 7.23. The first-order valence-electron chi connectivity index (χ1n) is 7.23. The molecule has 0 aromatic heterocycles. The highest BCUT2D eigenvalue weighted by molar-refractivity contribution is 5.85. The highest BCUT2D eigenvalue weighted by atomic mass is 35.5. The van der Waals surface area contributed by atoms with Crippen LogP contribution in [0.4, 0.5) is 0 Å². The van der Waals surface area contributed by atoms with Crippen LogP contribution in [0.3, 0.4) is 0 Å². The van der Waals surface area contributed by atoms with Crippen molar-refractivity contribution in [1.29, 1.82) is 0 Å². The van der Waals surface area contributed by atoms with Gasteiger partial charge in [0.1, 0.15) is 5.75 Å². The minimum absolute atomic E-state index is 0. The molecule has 5 heteroatoms. The summed E-state index contributed by atoms with van der Waals surface area (Å²) in [5.74, 6) is 0.879. The van der Waals surface area contributed by atoms with Gasteiger partial charge in [-0.3, -0.25) is 4.79 Å². The molecule has 0 bridgehead atoms. The molecule has 0 radical (unpaired) electrons. The maximum Gasteiger partial charge on any atom is 0.223 e. The van der Waals surface area contributed by atoms with Crippen molar-refractivity contribution in [3.8, 4) is 5.75 Å². The van der Waals surface area contributed by atoms with Crippen molar-refractivity contribution < 1.29 is 9.53 Å². The third kappa shape index (κ3) is 7.93. The molecule has 1 aromatic carbocycles. The van der Waals surface area contributed by atoms with Crippen molar-refractivity contribution in [2.24, 2.45) is 0 Å². The second-order valence-electron chi connectivity index (χ2n) is 5.13. The normalized spacial score (nSPS) is 11.4. The number of ether oxygens (including phenoxy) is 1. The molecule has 0 unspecified atom stereocenters. The fraction of sp³-hybridized carbons (Fsp3) is 0.562. The van der Waals surface area contributed by atoms with E-state index in [0.29, 0.717) is 25.6 Å². The zero-order valence-electron chi connectivity index (χ0n) is 13.4. The summed E-state index contributed by atoms with van der Waals surface area (Å²) in [5, 5.41) is 6.15. The van der Waals surface area contributed by atoms with Crippen LogP contribution < -0.4 is 15.4 Å². The molecule has 0 saturated carbocycles. The lowest BCUT2D eigenvalue weighted by molar-refractivity contribution is -0.121. The average Bonchev–Trinajstić information content (AvgIpc) is 2.39. The molecule has 120 valence electrons. The van der Waals surface area contributed by atoms with Gasteiger partial charge in [0.05, 0.1) is 13.0 Å². The van der Waals surface area contributed by atoms with E-state index in [0.717, 1.165) is 17.9 Å². The Morgan fingerprint density at radius 3 is 2.67 bits per heavy atom. The van der Waals surface area contributed by atoms with E-state index in [2.05, 4.69) is 37.5 Å². The molecule has 0 spiro atoms. The first kappa shape index (κ1) is 19.7. The number of carbonyl (C=O) groups excluding carboxylic acids is 1. The Morgan fingerprint density at radius 1 is 1.33 bits per heavy atom. The van der Waals surface area contributed by atoms with E-state index < -0.39 is 0 Å². The number of hydrogen-bond acceptors (Lipinski definition) is 3. The van der Waals surface area contributed by atoms with Crippen LogP contribution in [-0.4, -0.2) is 31.6 Å². The van der Waals surface area contributed by atoms with Crippen molar-refractivity contribution in [2.45, 2.75) is 40.2 Å². The number of halogens is 1. The number of likely N-dealkylation sites (N-methyl/N-ethyl adjacent to an activating group) is 1. The topological polar surface area (TPSA) is 50.4 Å². The van der Waals surface area contributed by atoms with Crippen molar-refractivity contribution >= 4 is 18.3 Å². The number of aryl methyl sites for hydroxylation is 2. The van der Waals surface area contributed by atoms with Crippen molar-refractivity contribution in [3.63, 3.8) is 0 Å². The van der Waals surface area contributed by atoms with Crippen LogP contribution in [-0.2, 0) is 4.79 Å². The minimum atomic E-state index is 0. The lowest BCUT2D eigenvalue weighted by atomic mass is 10.1. The van der Waals surface area contributed by atoms with Gasteiger partial charge in [-0.2, -0.15) is 0 Å². The Morgan fingerprint density at radius 2 is 2.05 bits per heavy atom. The van der Waals surface area contributed by atoms with Gasteiger partial charge in [0.15, 0.2) is 0 Å². The van der Waals surface area contributed by atoms with Crippen LogP contribution in [0.1, 0.15) is 31.4 Å². The standard InChI is InChI=1S/C16H26N2O2.ClH/c1-5-17-14(4)11-18-16(19)8-9-20-15-7-6-12(2)10-13(15)3;/h6-7,10,14,17H,5,8-9,11H2,1-4H3,(H,18,19);1H/t14-;/m1./s1. The van der Waals surface area contributed by atoms with Gasteiger partial charge < -0.3 is 15.4 Å². The van der Waals surface area contributed by atoms with Crippen LogP contribution in [0.25, 0.3) is 0 Å². The molecule has 0 aliphatic heterocycles. The highest BCUT2D eigenvalue weighted by Crippen LogP contribution is 2.18. The number of benzene rings is 1. The van der Waals surface area contributed by atoms with E-state index in [1.165, 1.54) is 5.56 Å². The van der Waals surface area contributed by atoms with Crippen molar-refractivity contribution in [2.75, 3.05) is 19.7 Å². The van der Waals surface area contributed by atoms with Gasteiger partial charge in [0.2, 0.25) is 5.91 Å². The summed E-state index contributed by atoms with van der Waals surface area (Å²) in [4.78, 5) is 11.7. The zero-order valence-corrected chi connectivity index (χ0v) is 14.2. The summed E-state index contributed by atoms with van der Waals surface area (Å²) in [5.41, 5.74) is 2.32. The van der Waals surface area contributed by atoms with Crippen LogP contribution in [0.15, 0.2) is 18.2 Å². The van der Waals surface area contributed by atoms with Gasteiger partial charge >= 0.3 is 0 Å². The van der Waals surface area contributed by atoms with E-state index in [1.54, 1.807) is 0 Å². The fourth-order valence-electron chi connectivity index (χ4n) is 1.99. The monoisotopic (exact) mass is 314 g/mol. The summed E-state index contributed by atoms with van der Waals surface area (Å²) in [7, 11) is 0. The van der Waals surface area contributed by atoms with E-state index in [4.69, 9.17) is 4.74 Å². The third-order valence-corrected chi connectivity index (χ3v) is 3.08. The summed E-state index contributed by atoms with van der Waals surface area (Å²) in [6.45, 7) is 10.1. The molecule has 1 rings (SSSR count). The SMILES string of the molecule is CCN[C@H](C)CNC(=O)CCOc1ccc(C)cc1C.Cl. The Hall–Kier alpha value is -1.26. The largest absolute Gasteiger partial charge is 0.493 e. The molecule has 0 aliphatic rings. The molecule has 1 aromatic rings. The summed E-state index contributed by atoms with van der Waals surface area (Å²) >= 11 is 0. The molecule has 1 atom stereocenters. The molecule has 4 nitrogen and oxygen atoms in total. The van der Waals surface area contributed by atoms with Gasteiger partial charge in [-0.25, -0.2) is 0 Å². The van der Waals surface area contributed by atoms with Crippen molar-refractivity contribution in [3.05, 3.63) is 29.3 Å². The Balaban J connectivity index is 0.00000400. The molecule has 2 N–H and O–H groups in total. The lowest BCUT2D eigenvalue weighted by Crippen LogP contribution is -2.39. The average molecular weight is 315 g/mol. The second kappa shape index (κ2) is 10.5. The quantitative estimate of drug-likeness (QED) is 0.775. The molecule has 21 heavy (non-hydrogen) atoms. The third-order valence-electron chi connectivity index (χ3n) is 3.08. The van der Waals surface area contributed by atoms with Crippen LogP contribution in [0, 0.1) is 13.8 Å². The number of rotatable bonds is 8. The van der Waals surface area contributed by atoms with E-state index in [1.807, 2.05) is 19.1 Å². The number of amides is 1. The molecule has 0 aliphatic carbocycles. The van der Waals surface area contributed by atoms with Gasteiger partial charge in [0, 0.05) is 12.6 Å². The number of hydrogen-bond donors (Lipinski definition) is 2. The summed E-state index contributed by atoms with van der Waals surface area (Å²) in [6, 6.07) is 6.34. The smallest absolute Gasteiger partial charge is 0.223 e. The van der Waals surface area contributed by atoms with Crippen LogP contribution >= 0.6 is 12.4 Å². The fourth-order valence-corrected chi connectivity index (χ4v) is 1.99. The Kier molecular flexibility index (Phi) is 9.84. The van der Waals surface area contributed by atoms with E-state index >= 15 is 0 Å². The Labute approximate surface area is 134 Å². The van der Waals surface area contributed by atoms with Gasteiger partial charge in [0.25, 0.3) is 0 Å². The molecule has 0 fully saturated rings. The van der Waals surface area contributed by atoms with Crippen LogP contribution in [0.5, 0.6) is 5.75 Å². The van der Waals surface area contributed by atoms with Crippen molar-refractivity contribution in [1.82, 2.24) is 10.6 Å².